The minimum absolute atomic E-state index is 0.119. The minimum Gasteiger partial charge on any atom is -0.417 e. The largest absolute Gasteiger partial charge is 0.417 e. The van der Waals surface area contributed by atoms with Crippen LogP contribution < -0.4 is 10.1 Å². The van der Waals surface area contributed by atoms with Crippen LogP contribution in [-0.4, -0.2) is 59.2 Å². The van der Waals surface area contributed by atoms with Crippen molar-refractivity contribution in [3.8, 4) is 5.88 Å². The van der Waals surface area contributed by atoms with Gasteiger partial charge in [-0.3, -0.25) is 0 Å². The molecule has 31 heavy (non-hydrogen) atoms. The summed E-state index contributed by atoms with van der Waals surface area (Å²) in [5, 5.41) is 7.26. The SMILES string of the molecule is CC(F)(C1CCN(C(=O)Nc2ccnnc2)CC1)S(=O)(=O)c1ccc(OC(F)F)nc1. The van der Waals surface area contributed by atoms with Gasteiger partial charge < -0.3 is 15.0 Å². The molecule has 2 aromatic rings. The highest BCUT2D eigenvalue weighted by Gasteiger charge is 2.48. The zero-order valence-electron chi connectivity index (χ0n) is 16.4. The number of hydrogen-bond acceptors (Lipinski definition) is 7. The summed E-state index contributed by atoms with van der Waals surface area (Å²) in [6.07, 6.45) is 3.82. The van der Waals surface area contributed by atoms with E-state index >= 15 is 4.39 Å². The Kier molecular flexibility index (Phi) is 6.62. The summed E-state index contributed by atoms with van der Waals surface area (Å²) < 4.78 is 69.7. The maximum atomic E-state index is 15.5. The van der Waals surface area contributed by atoms with Gasteiger partial charge in [0, 0.05) is 31.3 Å². The molecule has 1 aliphatic heterocycles. The van der Waals surface area contributed by atoms with Crippen molar-refractivity contribution in [2.75, 3.05) is 18.4 Å². The Balaban J connectivity index is 1.65. The maximum absolute atomic E-state index is 15.5. The molecule has 1 saturated heterocycles. The van der Waals surface area contributed by atoms with Gasteiger partial charge in [-0.25, -0.2) is 22.6 Å². The van der Waals surface area contributed by atoms with Crippen LogP contribution in [-0.2, 0) is 9.84 Å². The number of nitrogens with one attached hydrogen (secondary N) is 1. The van der Waals surface area contributed by atoms with Gasteiger partial charge in [0.1, 0.15) is 0 Å². The Labute approximate surface area is 176 Å². The lowest BCUT2D eigenvalue weighted by Gasteiger charge is -2.37. The van der Waals surface area contributed by atoms with Crippen molar-refractivity contribution < 1.29 is 31.1 Å². The summed E-state index contributed by atoms with van der Waals surface area (Å²) in [7, 11) is -4.48. The zero-order valence-corrected chi connectivity index (χ0v) is 17.2. The molecule has 168 valence electrons. The maximum Gasteiger partial charge on any atom is 0.388 e. The van der Waals surface area contributed by atoms with E-state index in [1.54, 1.807) is 6.07 Å². The van der Waals surface area contributed by atoms with E-state index in [2.05, 4.69) is 25.2 Å². The van der Waals surface area contributed by atoms with Gasteiger partial charge in [-0.1, -0.05) is 0 Å². The van der Waals surface area contributed by atoms with Gasteiger partial charge >= 0.3 is 12.6 Å². The second-order valence-electron chi connectivity index (χ2n) is 7.02. The number of sulfone groups is 1. The predicted molar refractivity (Wildman–Crippen MR) is 103 cm³/mol. The number of hydrogen-bond donors (Lipinski definition) is 1. The molecule has 3 heterocycles. The first-order valence-corrected chi connectivity index (χ1v) is 10.8. The van der Waals surface area contributed by atoms with Crippen molar-refractivity contribution in [3.63, 3.8) is 0 Å². The molecular weight excluding hydrogens is 439 g/mol. The van der Waals surface area contributed by atoms with Gasteiger partial charge in [-0.05, 0) is 31.9 Å². The number of halogens is 3. The van der Waals surface area contributed by atoms with E-state index in [0.29, 0.717) is 5.69 Å². The van der Waals surface area contributed by atoms with Gasteiger partial charge in [0.25, 0.3) is 0 Å². The Hall–Kier alpha value is -2.96. The van der Waals surface area contributed by atoms with Crippen molar-refractivity contribution in [1.82, 2.24) is 20.1 Å². The van der Waals surface area contributed by atoms with Gasteiger partial charge in [-0.15, -0.1) is 0 Å². The number of aromatic nitrogens is 3. The molecule has 13 heteroatoms. The Bertz CT molecular complexity index is 999. The van der Waals surface area contributed by atoms with Crippen LogP contribution in [0.2, 0.25) is 0 Å². The lowest BCUT2D eigenvalue weighted by Crippen LogP contribution is -2.48. The standard InChI is InChI=1S/C18H20F3N5O4S/c1-18(21,31(28,29)14-2-3-15(22-11-14)30-16(19)20)12-5-8-26(9-6-12)17(27)25-13-4-7-23-24-10-13/h2-4,7,10-12,16H,5-6,8-9H2,1H3,(H,23,25,27). The summed E-state index contributed by atoms with van der Waals surface area (Å²) in [4.78, 5) is 16.8. The van der Waals surface area contributed by atoms with Crippen LogP contribution >= 0.6 is 0 Å². The number of rotatable bonds is 6. The summed E-state index contributed by atoms with van der Waals surface area (Å²) in [5.74, 6) is -1.35. The van der Waals surface area contributed by atoms with E-state index < -0.39 is 44.2 Å². The fraction of sp³-hybridized carbons (Fsp3) is 0.444. The third-order valence-electron chi connectivity index (χ3n) is 5.10. The highest BCUT2D eigenvalue weighted by atomic mass is 32.2. The quantitative estimate of drug-likeness (QED) is 0.706. The lowest BCUT2D eigenvalue weighted by atomic mass is 9.92. The summed E-state index contributed by atoms with van der Waals surface area (Å²) >= 11 is 0. The Morgan fingerprint density at radius 1 is 1.23 bits per heavy atom. The van der Waals surface area contributed by atoms with E-state index in [1.165, 1.54) is 17.3 Å². The molecular formula is C18H20F3N5O4S. The highest BCUT2D eigenvalue weighted by molar-refractivity contribution is 7.92. The average Bonchev–Trinajstić information content (AvgIpc) is 2.74. The monoisotopic (exact) mass is 459 g/mol. The number of likely N-dealkylation sites (tertiary alicyclic amines) is 1. The minimum atomic E-state index is -4.48. The van der Waals surface area contributed by atoms with Crippen LogP contribution in [0.15, 0.2) is 41.7 Å². The highest BCUT2D eigenvalue weighted by Crippen LogP contribution is 2.39. The van der Waals surface area contributed by atoms with Crippen LogP contribution in [0, 0.1) is 5.92 Å². The Morgan fingerprint density at radius 2 is 1.94 bits per heavy atom. The molecule has 0 radical (unpaired) electrons. The average molecular weight is 459 g/mol. The van der Waals surface area contributed by atoms with Crippen LogP contribution in [0.1, 0.15) is 19.8 Å². The molecule has 0 saturated carbocycles. The van der Waals surface area contributed by atoms with E-state index in [9.17, 15) is 22.0 Å². The first kappa shape index (κ1) is 22.7. The summed E-state index contributed by atoms with van der Waals surface area (Å²) in [6.45, 7) is -1.83. The molecule has 1 unspecified atom stereocenters. The molecule has 3 rings (SSSR count). The third-order valence-corrected chi connectivity index (χ3v) is 7.35. The van der Waals surface area contributed by atoms with E-state index in [-0.39, 0.29) is 25.9 Å². The number of amides is 2. The van der Waals surface area contributed by atoms with Crippen molar-refractivity contribution in [1.29, 1.82) is 0 Å². The second kappa shape index (κ2) is 9.04. The van der Waals surface area contributed by atoms with Crippen molar-refractivity contribution in [2.45, 2.75) is 36.3 Å². The van der Waals surface area contributed by atoms with Crippen molar-refractivity contribution in [3.05, 3.63) is 36.8 Å². The fourth-order valence-electron chi connectivity index (χ4n) is 3.30. The normalized spacial score (nSPS) is 17.3. The van der Waals surface area contributed by atoms with Crippen LogP contribution in [0.5, 0.6) is 5.88 Å². The van der Waals surface area contributed by atoms with Gasteiger partial charge in [-0.2, -0.15) is 19.0 Å². The summed E-state index contributed by atoms with van der Waals surface area (Å²) in [6, 6.07) is 3.07. The number of alkyl halides is 3. The van der Waals surface area contributed by atoms with Crippen molar-refractivity contribution >= 4 is 21.6 Å². The third kappa shape index (κ3) is 5.03. The smallest absolute Gasteiger partial charge is 0.388 e. The number of urea groups is 1. The number of carbonyl (C=O) groups is 1. The fourth-order valence-corrected chi connectivity index (χ4v) is 4.88. The van der Waals surface area contributed by atoms with E-state index in [0.717, 1.165) is 25.3 Å². The first-order chi connectivity index (χ1) is 14.6. The second-order valence-corrected chi connectivity index (χ2v) is 9.30. The number of anilines is 1. The van der Waals surface area contributed by atoms with Gasteiger partial charge in [0.15, 0.2) is 0 Å². The molecule has 1 fully saturated rings. The van der Waals surface area contributed by atoms with Crippen LogP contribution in [0.4, 0.5) is 23.7 Å². The van der Waals surface area contributed by atoms with E-state index in [4.69, 9.17) is 0 Å². The van der Waals surface area contributed by atoms with E-state index in [1.807, 2.05) is 0 Å². The molecule has 0 spiro atoms. The lowest BCUT2D eigenvalue weighted by molar-refractivity contribution is -0.0529. The summed E-state index contributed by atoms with van der Waals surface area (Å²) in [5.41, 5.74) is 0.451. The molecule has 0 aromatic carbocycles. The predicted octanol–water partition coefficient (Wildman–Crippen LogP) is 2.88. The van der Waals surface area contributed by atoms with Crippen LogP contribution in [0.25, 0.3) is 0 Å². The molecule has 0 bridgehead atoms. The Morgan fingerprint density at radius 3 is 2.48 bits per heavy atom. The first-order valence-electron chi connectivity index (χ1n) is 9.28. The number of piperidine rings is 1. The number of pyridine rings is 1. The van der Waals surface area contributed by atoms with Gasteiger partial charge in [0.05, 0.1) is 23.0 Å². The number of nitrogens with zero attached hydrogens (tertiary/aromatic N) is 4. The molecule has 9 nitrogen and oxygen atoms in total. The molecule has 1 atom stereocenters. The number of ether oxygens (including phenoxy) is 1. The zero-order chi connectivity index (χ0) is 22.6. The topological polar surface area (TPSA) is 114 Å². The van der Waals surface area contributed by atoms with Crippen molar-refractivity contribution in [2.24, 2.45) is 5.92 Å². The van der Waals surface area contributed by atoms with Gasteiger partial charge in [0.2, 0.25) is 20.7 Å². The molecule has 1 aliphatic rings. The molecule has 0 aliphatic carbocycles. The molecule has 2 aromatic heterocycles. The number of carbonyl (C=O) groups excluding carboxylic acids is 1. The van der Waals surface area contributed by atoms with Crippen LogP contribution in [0.3, 0.4) is 0 Å². The molecule has 2 amide bonds. The molecule has 1 N–H and O–H groups in total.